The van der Waals surface area contributed by atoms with Gasteiger partial charge in [-0.15, -0.1) is 0 Å². The minimum absolute atomic E-state index is 0.0151. The van der Waals surface area contributed by atoms with E-state index >= 15 is 0 Å². The van der Waals surface area contributed by atoms with Crippen molar-refractivity contribution in [1.82, 2.24) is 5.32 Å². The van der Waals surface area contributed by atoms with Gasteiger partial charge in [-0.05, 0) is 24.0 Å². The molecule has 0 aliphatic carbocycles. The number of nitrogens with one attached hydrogen (secondary N) is 1. The Kier molecular flexibility index (Phi) is 4.20. The highest BCUT2D eigenvalue weighted by Gasteiger charge is 2.22. The van der Waals surface area contributed by atoms with Crippen LogP contribution in [0.4, 0.5) is 5.69 Å². The summed E-state index contributed by atoms with van der Waals surface area (Å²) in [5.74, 6) is 0.526. The van der Waals surface area contributed by atoms with Crippen molar-refractivity contribution in [3.05, 3.63) is 29.8 Å². The lowest BCUT2D eigenvalue weighted by Crippen LogP contribution is -2.42. The maximum atomic E-state index is 11.7. The van der Waals surface area contributed by atoms with Gasteiger partial charge in [0.2, 0.25) is 5.91 Å². The van der Waals surface area contributed by atoms with Crippen LogP contribution >= 0.6 is 0 Å². The number of carbonyl (C=O) groups excluding carboxylic acids is 1. The molecule has 1 aromatic carbocycles. The quantitative estimate of drug-likeness (QED) is 0.828. The first kappa shape index (κ1) is 12.9. The zero-order valence-corrected chi connectivity index (χ0v) is 10.7. The van der Waals surface area contributed by atoms with Crippen molar-refractivity contribution in [3.63, 3.8) is 0 Å². The SMILES string of the molecule is CC1Cc2ccccc2N(CC(=O)NCCO)C1. The van der Waals surface area contributed by atoms with E-state index in [1.165, 1.54) is 5.56 Å². The van der Waals surface area contributed by atoms with E-state index in [1.54, 1.807) is 0 Å². The van der Waals surface area contributed by atoms with E-state index in [-0.39, 0.29) is 12.5 Å². The number of nitrogens with zero attached hydrogens (tertiary/aromatic N) is 1. The van der Waals surface area contributed by atoms with Crippen LogP contribution in [-0.4, -0.2) is 37.3 Å². The average Bonchev–Trinajstić information content (AvgIpc) is 2.36. The first-order valence-corrected chi connectivity index (χ1v) is 6.41. The fourth-order valence-electron chi connectivity index (χ4n) is 2.48. The number of carbonyl (C=O) groups is 1. The van der Waals surface area contributed by atoms with Crippen molar-refractivity contribution in [2.75, 3.05) is 31.1 Å². The van der Waals surface area contributed by atoms with Crippen LogP contribution in [0.5, 0.6) is 0 Å². The van der Waals surface area contributed by atoms with E-state index in [9.17, 15) is 4.79 Å². The molecule has 1 aliphatic rings. The van der Waals surface area contributed by atoms with Gasteiger partial charge in [0.25, 0.3) is 0 Å². The van der Waals surface area contributed by atoms with Gasteiger partial charge in [0, 0.05) is 18.8 Å². The highest BCUT2D eigenvalue weighted by Crippen LogP contribution is 2.28. The molecule has 0 bridgehead atoms. The fraction of sp³-hybridized carbons (Fsp3) is 0.500. The van der Waals surface area contributed by atoms with E-state index < -0.39 is 0 Å². The van der Waals surface area contributed by atoms with Gasteiger partial charge in [0.15, 0.2) is 0 Å². The standard InChI is InChI=1S/C14H20N2O2/c1-11-8-12-4-2-3-5-13(12)16(9-11)10-14(18)15-6-7-17/h2-5,11,17H,6-10H2,1H3,(H,15,18). The molecule has 0 spiro atoms. The second kappa shape index (κ2) is 5.87. The van der Waals surface area contributed by atoms with Gasteiger partial charge >= 0.3 is 0 Å². The van der Waals surface area contributed by atoms with E-state index in [4.69, 9.17) is 5.11 Å². The zero-order valence-electron chi connectivity index (χ0n) is 10.7. The number of anilines is 1. The van der Waals surface area contributed by atoms with E-state index in [1.807, 2.05) is 12.1 Å². The van der Waals surface area contributed by atoms with Crippen LogP contribution in [-0.2, 0) is 11.2 Å². The van der Waals surface area contributed by atoms with Gasteiger partial charge in [0.1, 0.15) is 0 Å². The molecule has 0 saturated carbocycles. The Labute approximate surface area is 108 Å². The average molecular weight is 248 g/mol. The number of hydrogen-bond donors (Lipinski definition) is 2. The predicted molar refractivity (Wildman–Crippen MR) is 71.6 cm³/mol. The van der Waals surface area contributed by atoms with Crippen LogP contribution in [0.1, 0.15) is 12.5 Å². The van der Waals surface area contributed by atoms with Crippen LogP contribution in [0, 0.1) is 5.92 Å². The number of aliphatic hydroxyl groups is 1. The number of rotatable bonds is 4. The van der Waals surface area contributed by atoms with Crippen molar-refractivity contribution >= 4 is 11.6 Å². The molecule has 98 valence electrons. The summed E-state index contributed by atoms with van der Waals surface area (Å²) >= 11 is 0. The molecule has 0 aromatic heterocycles. The third-order valence-corrected chi connectivity index (χ3v) is 3.20. The largest absolute Gasteiger partial charge is 0.395 e. The van der Waals surface area contributed by atoms with E-state index in [0.29, 0.717) is 19.0 Å². The zero-order chi connectivity index (χ0) is 13.0. The van der Waals surface area contributed by atoms with Crippen LogP contribution in [0.2, 0.25) is 0 Å². The lowest BCUT2D eigenvalue weighted by atomic mass is 9.94. The monoisotopic (exact) mass is 248 g/mol. The summed E-state index contributed by atoms with van der Waals surface area (Å²) in [6.07, 6.45) is 1.07. The number of hydrogen-bond acceptors (Lipinski definition) is 3. The second-order valence-electron chi connectivity index (χ2n) is 4.89. The summed E-state index contributed by atoms with van der Waals surface area (Å²) in [6, 6.07) is 8.25. The maximum Gasteiger partial charge on any atom is 0.239 e. The minimum atomic E-state index is -0.0343. The summed E-state index contributed by atoms with van der Waals surface area (Å²) in [7, 11) is 0. The van der Waals surface area contributed by atoms with E-state index in [0.717, 1.165) is 18.7 Å². The number of para-hydroxylation sites is 1. The molecule has 1 unspecified atom stereocenters. The first-order valence-electron chi connectivity index (χ1n) is 6.41. The molecule has 18 heavy (non-hydrogen) atoms. The minimum Gasteiger partial charge on any atom is -0.395 e. The molecular formula is C14H20N2O2. The van der Waals surface area contributed by atoms with Crippen LogP contribution in [0.3, 0.4) is 0 Å². The molecule has 1 heterocycles. The summed E-state index contributed by atoms with van der Waals surface area (Å²) in [5.41, 5.74) is 2.47. The lowest BCUT2D eigenvalue weighted by Gasteiger charge is -2.34. The smallest absolute Gasteiger partial charge is 0.239 e. The van der Waals surface area contributed by atoms with Crippen LogP contribution < -0.4 is 10.2 Å². The van der Waals surface area contributed by atoms with Crippen molar-refractivity contribution in [2.24, 2.45) is 5.92 Å². The highest BCUT2D eigenvalue weighted by atomic mass is 16.3. The van der Waals surface area contributed by atoms with Crippen LogP contribution in [0.15, 0.2) is 24.3 Å². The van der Waals surface area contributed by atoms with Gasteiger partial charge in [0.05, 0.1) is 13.2 Å². The molecule has 2 N–H and O–H groups in total. The molecule has 0 radical (unpaired) electrons. The topological polar surface area (TPSA) is 52.6 Å². The maximum absolute atomic E-state index is 11.7. The van der Waals surface area contributed by atoms with Gasteiger partial charge in [-0.1, -0.05) is 25.1 Å². The first-order chi connectivity index (χ1) is 8.70. The van der Waals surface area contributed by atoms with Crippen molar-refractivity contribution < 1.29 is 9.90 Å². The van der Waals surface area contributed by atoms with Crippen molar-refractivity contribution in [3.8, 4) is 0 Å². The number of aliphatic hydroxyl groups excluding tert-OH is 1. The third kappa shape index (κ3) is 3.01. The molecule has 2 rings (SSSR count). The Morgan fingerprint density at radius 3 is 3.06 bits per heavy atom. The summed E-state index contributed by atoms with van der Waals surface area (Å²) in [5, 5.41) is 11.4. The molecule has 1 aliphatic heterocycles. The van der Waals surface area contributed by atoms with Gasteiger partial charge in [-0.3, -0.25) is 4.79 Å². The molecule has 4 heteroatoms. The Morgan fingerprint density at radius 1 is 1.50 bits per heavy atom. The van der Waals surface area contributed by atoms with Crippen molar-refractivity contribution in [2.45, 2.75) is 13.3 Å². The Bertz CT molecular complexity index is 420. The summed E-state index contributed by atoms with van der Waals surface area (Å²) < 4.78 is 0. The van der Waals surface area contributed by atoms with Gasteiger partial charge in [-0.2, -0.15) is 0 Å². The molecular weight excluding hydrogens is 228 g/mol. The Hall–Kier alpha value is -1.55. The molecule has 4 nitrogen and oxygen atoms in total. The van der Waals surface area contributed by atoms with E-state index in [2.05, 4.69) is 29.3 Å². The van der Waals surface area contributed by atoms with Gasteiger partial charge in [-0.25, -0.2) is 0 Å². The predicted octanol–water partition coefficient (Wildman–Crippen LogP) is 0.794. The lowest BCUT2D eigenvalue weighted by molar-refractivity contribution is -0.119. The fourth-order valence-corrected chi connectivity index (χ4v) is 2.48. The Balaban J connectivity index is 2.07. The highest BCUT2D eigenvalue weighted by molar-refractivity contribution is 5.81. The number of amides is 1. The van der Waals surface area contributed by atoms with Crippen LogP contribution in [0.25, 0.3) is 0 Å². The second-order valence-corrected chi connectivity index (χ2v) is 4.89. The normalized spacial score (nSPS) is 18.3. The Morgan fingerprint density at radius 2 is 2.28 bits per heavy atom. The third-order valence-electron chi connectivity index (χ3n) is 3.20. The number of fused-ring (bicyclic) bond motifs is 1. The molecule has 0 saturated heterocycles. The number of benzene rings is 1. The molecule has 1 aromatic rings. The molecule has 1 amide bonds. The van der Waals surface area contributed by atoms with Crippen molar-refractivity contribution in [1.29, 1.82) is 0 Å². The van der Waals surface area contributed by atoms with Gasteiger partial charge < -0.3 is 15.3 Å². The molecule has 1 atom stereocenters. The summed E-state index contributed by atoms with van der Waals surface area (Å²) in [4.78, 5) is 13.8. The summed E-state index contributed by atoms with van der Waals surface area (Å²) in [6.45, 7) is 3.78. The molecule has 0 fully saturated rings.